The van der Waals surface area contributed by atoms with Gasteiger partial charge < -0.3 is 4.90 Å². The van der Waals surface area contributed by atoms with Gasteiger partial charge in [-0.3, -0.25) is 14.2 Å². The van der Waals surface area contributed by atoms with Crippen molar-refractivity contribution in [2.45, 2.75) is 27.3 Å². The van der Waals surface area contributed by atoms with Crippen molar-refractivity contribution >= 4 is 11.6 Å². The summed E-state index contributed by atoms with van der Waals surface area (Å²) in [6, 6.07) is 17.1. The minimum absolute atomic E-state index is 0.0399. The molecule has 27 heavy (non-hydrogen) atoms. The van der Waals surface area contributed by atoms with Crippen LogP contribution in [0.5, 0.6) is 0 Å². The van der Waals surface area contributed by atoms with Crippen LogP contribution in [0.3, 0.4) is 0 Å². The van der Waals surface area contributed by atoms with Gasteiger partial charge in [0.1, 0.15) is 6.54 Å². The summed E-state index contributed by atoms with van der Waals surface area (Å²) in [7, 11) is 0. The van der Waals surface area contributed by atoms with Crippen LogP contribution in [0.4, 0.5) is 5.69 Å². The molecule has 0 unspecified atom stereocenters. The van der Waals surface area contributed by atoms with Gasteiger partial charge in [-0.25, -0.2) is 4.98 Å². The summed E-state index contributed by atoms with van der Waals surface area (Å²) < 4.78 is 1.35. The van der Waals surface area contributed by atoms with Crippen molar-refractivity contribution in [1.29, 1.82) is 0 Å². The van der Waals surface area contributed by atoms with E-state index in [1.165, 1.54) is 17.0 Å². The lowest BCUT2D eigenvalue weighted by atomic mass is 10.1. The normalized spacial score (nSPS) is 10.6. The molecular formula is C22H23N3O2. The number of aryl methyl sites for hydroxylation is 2. The zero-order valence-electron chi connectivity index (χ0n) is 15.8. The molecule has 5 nitrogen and oxygen atoms in total. The summed E-state index contributed by atoms with van der Waals surface area (Å²) in [6.45, 7) is 6.41. The molecule has 0 spiro atoms. The first-order valence-corrected chi connectivity index (χ1v) is 8.98. The minimum Gasteiger partial charge on any atom is -0.311 e. The van der Waals surface area contributed by atoms with Crippen LogP contribution in [0.25, 0.3) is 11.3 Å². The lowest BCUT2D eigenvalue weighted by Crippen LogP contribution is -2.36. The molecule has 138 valence electrons. The van der Waals surface area contributed by atoms with Crippen molar-refractivity contribution in [2.24, 2.45) is 0 Å². The predicted molar refractivity (Wildman–Crippen MR) is 108 cm³/mol. The number of carbonyl (C=O) groups excluding carboxylic acids is 1. The maximum Gasteiger partial charge on any atom is 0.254 e. The Bertz CT molecular complexity index is 1010. The van der Waals surface area contributed by atoms with E-state index in [0.29, 0.717) is 12.2 Å². The first-order valence-electron chi connectivity index (χ1n) is 8.98. The third kappa shape index (κ3) is 4.31. The highest BCUT2D eigenvalue weighted by molar-refractivity contribution is 5.93. The van der Waals surface area contributed by atoms with Gasteiger partial charge in [0.05, 0.1) is 12.0 Å². The Kier molecular flexibility index (Phi) is 5.50. The fourth-order valence-corrected chi connectivity index (χ4v) is 2.96. The Labute approximate surface area is 158 Å². The zero-order chi connectivity index (χ0) is 19.4. The zero-order valence-corrected chi connectivity index (χ0v) is 15.8. The van der Waals surface area contributed by atoms with Crippen molar-refractivity contribution in [1.82, 2.24) is 9.55 Å². The van der Waals surface area contributed by atoms with Crippen molar-refractivity contribution in [3.05, 3.63) is 82.4 Å². The number of carbonyl (C=O) groups is 1. The second-order valence-corrected chi connectivity index (χ2v) is 6.58. The summed E-state index contributed by atoms with van der Waals surface area (Å²) in [5.41, 5.74) is 4.31. The molecule has 0 bridgehead atoms. The van der Waals surface area contributed by atoms with E-state index in [4.69, 9.17) is 0 Å². The highest BCUT2D eigenvalue weighted by atomic mass is 16.2. The molecule has 3 rings (SSSR count). The number of aromatic nitrogens is 2. The number of amides is 1. The first-order chi connectivity index (χ1) is 13.0. The summed E-state index contributed by atoms with van der Waals surface area (Å²) in [5.74, 6) is -0.143. The second-order valence-electron chi connectivity index (χ2n) is 6.58. The smallest absolute Gasteiger partial charge is 0.254 e. The van der Waals surface area contributed by atoms with E-state index >= 15 is 0 Å². The average molecular weight is 361 g/mol. The molecular weight excluding hydrogens is 338 g/mol. The molecule has 0 saturated carbocycles. The largest absolute Gasteiger partial charge is 0.311 e. The third-order valence-corrected chi connectivity index (χ3v) is 4.46. The van der Waals surface area contributed by atoms with Crippen molar-refractivity contribution in [2.75, 3.05) is 11.4 Å². The molecule has 5 heteroatoms. The van der Waals surface area contributed by atoms with Crippen LogP contribution in [-0.2, 0) is 11.3 Å². The van der Waals surface area contributed by atoms with Crippen LogP contribution in [-0.4, -0.2) is 22.0 Å². The van der Waals surface area contributed by atoms with Crippen molar-refractivity contribution in [3.63, 3.8) is 0 Å². The minimum atomic E-state index is -0.241. The summed E-state index contributed by atoms with van der Waals surface area (Å²) in [6.07, 6.45) is 1.44. The number of nitrogens with zero attached hydrogens (tertiary/aromatic N) is 3. The molecule has 1 heterocycles. The molecule has 0 aliphatic heterocycles. The fourth-order valence-electron chi connectivity index (χ4n) is 2.96. The SMILES string of the molecule is CCN(C(=O)Cn1cnc(-c2ccc(C)cc2)cc1=O)c1cccc(C)c1. The van der Waals surface area contributed by atoms with Crippen molar-refractivity contribution in [3.8, 4) is 11.3 Å². The molecule has 0 fully saturated rings. The number of anilines is 1. The Morgan fingerprint density at radius 3 is 2.41 bits per heavy atom. The van der Waals surface area contributed by atoms with E-state index in [1.54, 1.807) is 4.90 Å². The standard InChI is InChI=1S/C22H23N3O2/c1-4-25(19-7-5-6-17(3)12-19)22(27)14-24-15-23-20(13-21(24)26)18-10-8-16(2)9-11-18/h5-13,15H,4,14H2,1-3H3. The molecule has 0 aliphatic rings. The highest BCUT2D eigenvalue weighted by Crippen LogP contribution is 2.17. The van der Waals surface area contributed by atoms with Gasteiger partial charge in [-0.1, -0.05) is 42.0 Å². The third-order valence-electron chi connectivity index (χ3n) is 4.46. The van der Waals surface area contributed by atoms with E-state index in [9.17, 15) is 9.59 Å². The molecule has 0 aliphatic carbocycles. The number of benzene rings is 2. The van der Waals surface area contributed by atoms with E-state index in [-0.39, 0.29) is 18.0 Å². The maximum atomic E-state index is 12.7. The highest BCUT2D eigenvalue weighted by Gasteiger charge is 2.15. The molecule has 3 aromatic rings. The maximum absolute atomic E-state index is 12.7. The predicted octanol–water partition coefficient (Wildman–Crippen LogP) is 3.58. The van der Waals surface area contributed by atoms with E-state index in [2.05, 4.69) is 4.98 Å². The van der Waals surface area contributed by atoms with Gasteiger partial charge in [-0.2, -0.15) is 0 Å². The van der Waals surface area contributed by atoms with Gasteiger partial charge in [0, 0.05) is 23.9 Å². The Hall–Kier alpha value is -3.21. The summed E-state index contributed by atoms with van der Waals surface area (Å²) >= 11 is 0. The van der Waals surface area contributed by atoms with Crippen LogP contribution < -0.4 is 10.5 Å². The van der Waals surface area contributed by atoms with Gasteiger partial charge in [0.2, 0.25) is 5.91 Å². The number of hydrogen-bond acceptors (Lipinski definition) is 3. The van der Waals surface area contributed by atoms with Gasteiger partial charge in [-0.05, 0) is 38.5 Å². The lowest BCUT2D eigenvalue weighted by Gasteiger charge is -2.22. The Balaban J connectivity index is 1.81. The monoisotopic (exact) mass is 361 g/mol. The fraction of sp³-hybridized carbons (Fsp3) is 0.227. The van der Waals surface area contributed by atoms with E-state index < -0.39 is 0 Å². The Morgan fingerprint density at radius 1 is 1.04 bits per heavy atom. The molecule has 1 amide bonds. The molecule has 0 radical (unpaired) electrons. The number of rotatable bonds is 5. The molecule has 2 aromatic carbocycles. The van der Waals surface area contributed by atoms with Gasteiger partial charge in [0.15, 0.2) is 0 Å². The number of likely N-dealkylation sites (N-methyl/N-ethyl adjacent to an activating group) is 1. The molecule has 1 aromatic heterocycles. The molecule has 0 saturated heterocycles. The van der Waals surface area contributed by atoms with Gasteiger partial charge >= 0.3 is 0 Å². The molecule has 0 N–H and O–H groups in total. The quantitative estimate of drug-likeness (QED) is 0.698. The van der Waals surface area contributed by atoms with Crippen LogP contribution in [0, 0.1) is 13.8 Å². The Morgan fingerprint density at radius 2 is 1.78 bits per heavy atom. The average Bonchev–Trinajstić information content (AvgIpc) is 2.65. The van der Waals surface area contributed by atoms with Crippen LogP contribution in [0.2, 0.25) is 0 Å². The van der Waals surface area contributed by atoms with E-state index in [0.717, 1.165) is 22.4 Å². The van der Waals surface area contributed by atoms with Crippen LogP contribution in [0.15, 0.2) is 65.7 Å². The second kappa shape index (κ2) is 7.99. The first kappa shape index (κ1) is 18.6. The molecule has 0 atom stereocenters. The van der Waals surface area contributed by atoms with E-state index in [1.807, 2.05) is 69.3 Å². The number of hydrogen-bond donors (Lipinski definition) is 0. The van der Waals surface area contributed by atoms with Gasteiger partial charge in [0.25, 0.3) is 5.56 Å². The van der Waals surface area contributed by atoms with Crippen LogP contribution in [0.1, 0.15) is 18.1 Å². The topological polar surface area (TPSA) is 55.2 Å². The summed E-state index contributed by atoms with van der Waals surface area (Å²) in [5, 5.41) is 0. The lowest BCUT2D eigenvalue weighted by molar-refractivity contribution is -0.119. The van der Waals surface area contributed by atoms with Crippen LogP contribution >= 0.6 is 0 Å². The summed E-state index contributed by atoms with van der Waals surface area (Å²) in [4.78, 5) is 31.2. The van der Waals surface area contributed by atoms with Crippen molar-refractivity contribution < 1.29 is 4.79 Å². The van der Waals surface area contributed by atoms with Gasteiger partial charge in [-0.15, -0.1) is 0 Å².